The molecule has 0 spiro atoms. The fourth-order valence-electron chi connectivity index (χ4n) is 8.24. The number of nitrogens with zero attached hydrogens (tertiary/aromatic N) is 6. The summed E-state index contributed by atoms with van der Waals surface area (Å²) in [6.07, 6.45) is 0. The number of benzene rings is 8. The maximum atomic E-state index is 9.35. The van der Waals surface area contributed by atoms with Crippen LogP contribution >= 0.6 is 0 Å². The summed E-state index contributed by atoms with van der Waals surface area (Å²) in [7, 11) is 0. The quantitative estimate of drug-likeness (QED) is 0.169. The molecule has 0 aliphatic carbocycles. The summed E-state index contributed by atoms with van der Waals surface area (Å²) in [6, 6.07) is 69.4. The molecule has 0 atom stereocenters. The Bertz CT molecular complexity index is 3370. The Labute approximate surface area is 347 Å². The summed E-state index contributed by atoms with van der Waals surface area (Å²) in [4.78, 5) is 14.7. The first-order valence-corrected chi connectivity index (χ1v) is 20.3. The highest BCUT2D eigenvalue weighted by Crippen LogP contribution is 2.38. The van der Waals surface area contributed by atoms with Gasteiger partial charge in [0.15, 0.2) is 17.5 Å². The van der Waals surface area contributed by atoms with Gasteiger partial charge in [-0.15, -0.1) is 0 Å². The molecule has 0 unspecified atom stereocenters. The molecule has 6 nitrogen and oxygen atoms in total. The van der Waals surface area contributed by atoms with Gasteiger partial charge in [0.25, 0.3) is 0 Å². The van der Waals surface area contributed by atoms with Crippen LogP contribution in [0.4, 0.5) is 0 Å². The van der Waals surface area contributed by atoms with Crippen molar-refractivity contribution in [3.63, 3.8) is 0 Å². The molecule has 8 aromatic carbocycles. The van der Waals surface area contributed by atoms with Crippen LogP contribution in [0.15, 0.2) is 194 Å². The first-order valence-electron chi connectivity index (χ1n) is 20.3. The zero-order valence-electron chi connectivity index (χ0n) is 33.2. The minimum atomic E-state index is 0.553. The van der Waals surface area contributed by atoms with Crippen molar-refractivity contribution in [1.29, 1.82) is 5.26 Å². The van der Waals surface area contributed by atoms with E-state index in [1.54, 1.807) is 12.1 Å². The second kappa shape index (κ2) is 15.3. The maximum Gasteiger partial charge on any atom is 0.164 e. The predicted molar refractivity (Wildman–Crippen MR) is 246 cm³/mol. The molecule has 0 amide bonds. The minimum absolute atomic E-state index is 0.553. The Morgan fingerprint density at radius 2 is 0.717 bits per heavy atom. The Kier molecular flexibility index (Phi) is 9.24. The fourth-order valence-corrected chi connectivity index (χ4v) is 8.24. The largest absolute Gasteiger partial charge is 0.309 e. The number of para-hydroxylation sites is 3. The van der Waals surface area contributed by atoms with Gasteiger partial charge in [0.1, 0.15) is 0 Å². The molecule has 284 valence electrons. The van der Waals surface area contributed by atoms with Crippen LogP contribution < -0.4 is 0 Å². The average molecular weight is 771 g/mol. The lowest BCUT2D eigenvalue weighted by atomic mass is 10.0. The first kappa shape index (κ1) is 36.2. The summed E-state index contributed by atoms with van der Waals surface area (Å²) in [6.45, 7) is 4.00. The predicted octanol–water partition coefficient (Wildman–Crippen LogP) is 13.6. The van der Waals surface area contributed by atoms with E-state index in [1.807, 2.05) is 56.3 Å². The van der Waals surface area contributed by atoms with Crippen molar-refractivity contribution in [1.82, 2.24) is 24.1 Å². The third kappa shape index (κ3) is 6.26. The van der Waals surface area contributed by atoms with Crippen LogP contribution in [0.1, 0.15) is 19.4 Å². The number of rotatable bonds is 6. The minimum Gasteiger partial charge on any atom is -0.309 e. The zero-order chi connectivity index (χ0) is 40.6. The molecule has 0 aliphatic heterocycles. The normalized spacial score (nSPS) is 11.2. The number of nitriles is 1. The van der Waals surface area contributed by atoms with Gasteiger partial charge in [-0.25, -0.2) is 15.0 Å². The van der Waals surface area contributed by atoms with E-state index < -0.39 is 0 Å². The molecule has 11 rings (SSSR count). The summed E-state index contributed by atoms with van der Waals surface area (Å²) < 4.78 is 4.69. The van der Waals surface area contributed by atoms with Gasteiger partial charge in [-0.3, -0.25) is 0 Å². The van der Waals surface area contributed by atoms with Crippen molar-refractivity contribution in [3.05, 3.63) is 200 Å². The molecule has 0 aliphatic rings. The molecule has 0 radical (unpaired) electrons. The number of hydrogen-bond acceptors (Lipinski definition) is 4. The van der Waals surface area contributed by atoms with Crippen LogP contribution in [0.25, 0.3) is 100 Å². The third-order valence-electron chi connectivity index (χ3n) is 11.0. The average Bonchev–Trinajstić information content (AvgIpc) is 3.85. The SMILES string of the molecule is CC.N#Cc1ccc(-c2nc(-c3ccccc3)nc(-c3ccc(-n4c5ccccc5c5cc(-c6ccc7c(c6)c6ccccc6n7-c6ccccc6)ccc54)cc3)n2)cc1. The second-order valence-corrected chi connectivity index (χ2v) is 14.4. The highest BCUT2D eigenvalue weighted by atomic mass is 15.0. The van der Waals surface area contributed by atoms with Gasteiger partial charge in [-0.1, -0.05) is 111 Å². The molecule has 0 bridgehead atoms. The van der Waals surface area contributed by atoms with E-state index in [2.05, 4.69) is 155 Å². The van der Waals surface area contributed by atoms with Crippen molar-refractivity contribution >= 4 is 43.6 Å². The monoisotopic (exact) mass is 770 g/mol. The summed E-state index contributed by atoms with van der Waals surface area (Å²) in [5.41, 5.74) is 12.4. The molecule has 0 N–H and O–H groups in total. The van der Waals surface area contributed by atoms with E-state index in [1.165, 1.54) is 43.7 Å². The van der Waals surface area contributed by atoms with E-state index in [-0.39, 0.29) is 0 Å². The lowest BCUT2D eigenvalue weighted by Crippen LogP contribution is -2.00. The summed E-state index contributed by atoms with van der Waals surface area (Å²) >= 11 is 0. The maximum absolute atomic E-state index is 9.35. The molecule has 60 heavy (non-hydrogen) atoms. The van der Waals surface area contributed by atoms with Gasteiger partial charge in [0.2, 0.25) is 0 Å². The van der Waals surface area contributed by atoms with E-state index in [0.29, 0.717) is 23.0 Å². The lowest BCUT2D eigenvalue weighted by Gasteiger charge is -2.11. The molecule has 11 aromatic rings. The second-order valence-electron chi connectivity index (χ2n) is 14.4. The van der Waals surface area contributed by atoms with Gasteiger partial charge in [0.05, 0.1) is 33.7 Å². The number of aromatic nitrogens is 5. The third-order valence-corrected chi connectivity index (χ3v) is 11.0. The molecule has 3 heterocycles. The summed E-state index contributed by atoms with van der Waals surface area (Å²) in [5, 5.41) is 14.2. The smallest absolute Gasteiger partial charge is 0.164 e. The number of hydrogen-bond donors (Lipinski definition) is 0. The van der Waals surface area contributed by atoms with Crippen molar-refractivity contribution in [2.75, 3.05) is 0 Å². The Morgan fingerprint density at radius 1 is 0.350 bits per heavy atom. The van der Waals surface area contributed by atoms with Gasteiger partial charge in [-0.05, 0) is 108 Å². The van der Waals surface area contributed by atoms with Crippen LogP contribution in [-0.4, -0.2) is 24.1 Å². The van der Waals surface area contributed by atoms with Crippen LogP contribution in [-0.2, 0) is 0 Å². The van der Waals surface area contributed by atoms with Gasteiger partial charge < -0.3 is 9.13 Å². The zero-order valence-corrected chi connectivity index (χ0v) is 33.2. The molecule has 3 aromatic heterocycles. The van der Waals surface area contributed by atoms with E-state index >= 15 is 0 Å². The van der Waals surface area contributed by atoms with E-state index in [9.17, 15) is 5.26 Å². The Hall–Kier alpha value is -8.14. The molecular formula is C54H38N6. The molecule has 0 saturated carbocycles. The number of fused-ring (bicyclic) bond motifs is 6. The van der Waals surface area contributed by atoms with Crippen molar-refractivity contribution < 1.29 is 0 Å². The highest BCUT2D eigenvalue weighted by molar-refractivity contribution is 6.12. The standard InChI is InChI=1S/C52H32N6.C2H6/c53-33-34-19-21-36(22-20-34)51-54-50(35-11-3-1-4-12-35)55-52(56-51)37-23-27-41(28-24-37)58-47-18-10-8-16-43(47)45-32-39(26-30-49(45)58)38-25-29-48-44(31-38)42-15-7-9-17-46(42)57(48)40-13-5-2-6-14-40;1-2/h1-32H;1-2H3. The molecule has 0 saturated heterocycles. The lowest BCUT2D eigenvalue weighted by molar-refractivity contribution is 1.07. The molecular weight excluding hydrogens is 733 g/mol. The fraction of sp³-hybridized carbons (Fsp3) is 0.0370. The van der Waals surface area contributed by atoms with E-state index in [0.717, 1.165) is 39.1 Å². The topological polar surface area (TPSA) is 72.3 Å². The van der Waals surface area contributed by atoms with Crippen LogP contribution in [0.5, 0.6) is 0 Å². The Balaban J connectivity index is 0.00000213. The summed E-state index contributed by atoms with van der Waals surface area (Å²) in [5.74, 6) is 1.72. The van der Waals surface area contributed by atoms with Crippen molar-refractivity contribution in [3.8, 4) is 62.7 Å². The van der Waals surface area contributed by atoms with Gasteiger partial charge in [0, 0.05) is 49.6 Å². The molecule has 6 heteroatoms. The van der Waals surface area contributed by atoms with Crippen LogP contribution in [0.2, 0.25) is 0 Å². The van der Waals surface area contributed by atoms with Crippen molar-refractivity contribution in [2.24, 2.45) is 0 Å². The molecule has 0 fully saturated rings. The Morgan fingerprint density at radius 3 is 1.20 bits per heavy atom. The first-order chi connectivity index (χ1) is 29.7. The van der Waals surface area contributed by atoms with Gasteiger partial charge in [-0.2, -0.15) is 5.26 Å². The van der Waals surface area contributed by atoms with Crippen LogP contribution in [0.3, 0.4) is 0 Å². The van der Waals surface area contributed by atoms with Crippen LogP contribution in [0, 0.1) is 11.3 Å². The van der Waals surface area contributed by atoms with Crippen molar-refractivity contribution in [2.45, 2.75) is 13.8 Å². The van der Waals surface area contributed by atoms with Gasteiger partial charge >= 0.3 is 0 Å². The highest BCUT2D eigenvalue weighted by Gasteiger charge is 2.17. The van der Waals surface area contributed by atoms with E-state index in [4.69, 9.17) is 15.0 Å².